The lowest BCUT2D eigenvalue weighted by Gasteiger charge is -2.30. The van der Waals surface area contributed by atoms with E-state index in [0.717, 1.165) is 12.8 Å². The number of aromatic nitrogens is 2. The van der Waals surface area contributed by atoms with Gasteiger partial charge >= 0.3 is 0 Å². The van der Waals surface area contributed by atoms with Crippen molar-refractivity contribution in [2.45, 2.75) is 44.4 Å². The number of nitrogens with zero attached hydrogens (tertiary/aromatic N) is 2. The molecule has 118 valence electrons. The van der Waals surface area contributed by atoms with E-state index in [4.69, 9.17) is 5.14 Å². The van der Waals surface area contributed by atoms with Crippen LogP contribution in [-0.4, -0.2) is 42.5 Å². The standard InChI is InChI=1S/C13H22N4O3S/c1-8(2)10-12(21(14,19)20)11(16-15-10)13(18)17-6-4-5-9(3)7-17/h8-9H,4-7H2,1-3H3,(H,15,16)(H2,14,19,20). The normalized spacial score (nSPS) is 20.0. The van der Waals surface area contributed by atoms with E-state index in [9.17, 15) is 13.2 Å². The molecule has 1 atom stereocenters. The van der Waals surface area contributed by atoms with Crippen molar-refractivity contribution in [2.75, 3.05) is 13.1 Å². The molecule has 7 nitrogen and oxygen atoms in total. The number of H-pyrrole nitrogens is 1. The van der Waals surface area contributed by atoms with Gasteiger partial charge in [0.1, 0.15) is 4.90 Å². The SMILES string of the molecule is CC1CCCN(C(=O)c2n[nH]c(C(C)C)c2S(N)(=O)=O)C1. The second-order valence-corrected chi connectivity index (χ2v) is 7.51. The number of piperidine rings is 1. The third-order valence-corrected chi connectivity index (χ3v) is 4.74. The highest BCUT2D eigenvalue weighted by molar-refractivity contribution is 7.89. The van der Waals surface area contributed by atoms with E-state index in [2.05, 4.69) is 17.1 Å². The highest BCUT2D eigenvalue weighted by atomic mass is 32.2. The number of carbonyl (C=O) groups excluding carboxylic acids is 1. The van der Waals surface area contributed by atoms with Crippen LogP contribution in [0.25, 0.3) is 0 Å². The Bertz CT molecular complexity index is 636. The van der Waals surface area contributed by atoms with Crippen LogP contribution >= 0.6 is 0 Å². The summed E-state index contributed by atoms with van der Waals surface area (Å²) in [4.78, 5) is 14.1. The lowest BCUT2D eigenvalue weighted by atomic mass is 10.00. The summed E-state index contributed by atoms with van der Waals surface area (Å²) >= 11 is 0. The zero-order valence-electron chi connectivity index (χ0n) is 12.6. The summed E-state index contributed by atoms with van der Waals surface area (Å²) in [6.45, 7) is 6.95. The number of hydrogen-bond acceptors (Lipinski definition) is 4. The minimum absolute atomic E-state index is 0.0877. The van der Waals surface area contributed by atoms with Crippen molar-refractivity contribution in [1.29, 1.82) is 0 Å². The van der Waals surface area contributed by atoms with Crippen molar-refractivity contribution in [2.24, 2.45) is 11.1 Å². The molecule has 1 amide bonds. The molecule has 0 bridgehead atoms. The number of primary sulfonamides is 1. The van der Waals surface area contributed by atoms with Crippen LogP contribution in [0.4, 0.5) is 0 Å². The molecule has 1 aliphatic rings. The molecule has 1 aliphatic heterocycles. The molecule has 0 saturated carbocycles. The minimum Gasteiger partial charge on any atom is -0.337 e. The van der Waals surface area contributed by atoms with Crippen LogP contribution in [-0.2, 0) is 10.0 Å². The summed E-state index contributed by atoms with van der Waals surface area (Å²) in [5.41, 5.74) is 0.293. The quantitative estimate of drug-likeness (QED) is 0.869. The number of nitrogens with one attached hydrogen (secondary N) is 1. The van der Waals surface area contributed by atoms with Gasteiger partial charge in [-0.2, -0.15) is 5.10 Å². The van der Waals surface area contributed by atoms with E-state index >= 15 is 0 Å². The molecule has 0 radical (unpaired) electrons. The molecule has 1 aromatic rings. The first-order chi connectivity index (χ1) is 9.71. The number of carbonyl (C=O) groups is 1. The molecule has 0 aliphatic carbocycles. The monoisotopic (exact) mass is 314 g/mol. The number of rotatable bonds is 3. The average molecular weight is 314 g/mol. The molecule has 21 heavy (non-hydrogen) atoms. The van der Waals surface area contributed by atoms with Gasteiger partial charge in [-0.1, -0.05) is 20.8 Å². The van der Waals surface area contributed by atoms with Crippen LogP contribution in [0.5, 0.6) is 0 Å². The second kappa shape index (κ2) is 5.76. The van der Waals surface area contributed by atoms with E-state index in [-0.39, 0.29) is 22.4 Å². The lowest BCUT2D eigenvalue weighted by Crippen LogP contribution is -2.40. The molecule has 1 aromatic heterocycles. The molecule has 8 heteroatoms. The maximum atomic E-state index is 12.6. The van der Waals surface area contributed by atoms with Crippen LogP contribution in [0.2, 0.25) is 0 Å². The molecule has 2 heterocycles. The van der Waals surface area contributed by atoms with Crippen molar-refractivity contribution in [3.05, 3.63) is 11.4 Å². The molecule has 1 unspecified atom stereocenters. The lowest BCUT2D eigenvalue weighted by molar-refractivity contribution is 0.0673. The Kier molecular flexibility index (Phi) is 4.38. The first-order valence-electron chi connectivity index (χ1n) is 7.12. The third-order valence-electron chi connectivity index (χ3n) is 3.76. The molecule has 2 rings (SSSR count). The fourth-order valence-corrected chi connectivity index (χ4v) is 3.68. The zero-order chi connectivity index (χ0) is 15.8. The Morgan fingerprint density at radius 1 is 1.48 bits per heavy atom. The molecule has 1 saturated heterocycles. The Labute approximate surface area is 124 Å². The predicted octanol–water partition coefficient (Wildman–Crippen LogP) is 1.05. The minimum atomic E-state index is -4.00. The molecule has 1 fully saturated rings. The van der Waals surface area contributed by atoms with E-state index < -0.39 is 10.0 Å². The summed E-state index contributed by atoms with van der Waals surface area (Å²) in [5.74, 6) is -0.0782. The Morgan fingerprint density at radius 2 is 2.14 bits per heavy atom. The molecule has 0 spiro atoms. The van der Waals surface area contributed by atoms with Crippen LogP contribution in [0.3, 0.4) is 0 Å². The number of nitrogens with two attached hydrogens (primary N) is 1. The van der Waals surface area contributed by atoms with Gasteiger partial charge in [0.25, 0.3) is 5.91 Å². The number of sulfonamides is 1. The van der Waals surface area contributed by atoms with Gasteiger partial charge in [-0.05, 0) is 24.7 Å². The number of hydrogen-bond donors (Lipinski definition) is 2. The third kappa shape index (κ3) is 3.26. The first-order valence-corrected chi connectivity index (χ1v) is 8.66. The van der Waals surface area contributed by atoms with Gasteiger partial charge in [-0.3, -0.25) is 9.89 Å². The van der Waals surface area contributed by atoms with Crippen molar-refractivity contribution in [3.63, 3.8) is 0 Å². The largest absolute Gasteiger partial charge is 0.337 e. The summed E-state index contributed by atoms with van der Waals surface area (Å²) in [6, 6.07) is 0. The Hall–Kier alpha value is -1.41. The van der Waals surface area contributed by atoms with Crippen molar-refractivity contribution >= 4 is 15.9 Å². The highest BCUT2D eigenvalue weighted by Gasteiger charge is 2.32. The predicted molar refractivity (Wildman–Crippen MR) is 78.4 cm³/mol. The van der Waals surface area contributed by atoms with Gasteiger partial charge in [0.15, 0.2) is 5.69 Å². The van der Waals surface area contributed by atoms with E-state index in [0.29, 0.717) is 24.7 Å². The van der Waals surface area contributed by atoms with E-state index in [1.165, 1.54) is 0 Å². The maximum absolute atomic E-state index is 12.6. The van der Waals surface area contributed by atoms with Gasteiger partial charge in [-0.25, -0.2) is 13.6 Å². The van der Waals surface area contributed by atoms with Crippen molar-refractivity contribution in [1.82, 2.24) is 15.1 Å². The van der Waals surface area contributed by atoms with Gasteiger partial charge < -0.3 is 4.90 Å². The molecule has 3 N–H and O–H groups in total. The summed E-state index contributed by atoms with van der Waals surface area (Å²) < 4.78 is 23.7. The van der Waals surface area contributed by atoms with Crippen LogP contribution in [0.15, 0.2) is 4.90 Å². The van der Waals surface area contributed by atoms with Crippen LogP contribution < -0.4 is 5.14 Å². The summed E-state index contributed by atoms with van der Waals surface area (Å²) in [5, 5.41) is 11.9. The van der Waals surface area contributed by atoms with Crippen LogP contribution in [0, 0.1) is 5.92 Å². The fraction of sp³-hybridized carbons (Fsp3) is 0.692. The Morgan fingerprint density at radius 3 is 2.67 bits per heavy atom. The highest BCUT2D eigenvalue weighted by Crippen LogP contribution is 2.26. The number of aromatic amines is 1. The average Bonchev–Trinajstić information content (AvgIpc) is 2.82. The molecule has 0 aromatic carbocycles. The summed E-state index contributed by atoms with van der Waals surface area (Å²) in [6.07, 6.45) is 1.99. The molecular weight excluding hydrogens is 292 g/mol. The zero-order valence-corrected chi connectivity index (χ0v) is 13.4. The number of likely N-dealkylation sites (tertiary alicyclic amines) is 1. The van der Waals surface area contributed by atoms with Gasteiger partial charge in [-0.15, -0.1) is 0 Å². The van der Waals surface area contributed by atoms with Gasteiger partial charge in [0, 0.05) is 13.1 Å². The topological polar surface area (TPSA) is 109 Å². The van der Waals surface area contributed by atoms with E-state index in [1.807, 2.05) is 13.8 Å². The summed E-state index contributed by atoms with van der Waals surface area (Å²) in [7, 11) is -4.00. The smallest absolute Gasteiger partial charge is 0.275 e. The van der Waals surface area contributed by atoms with Crippen LogP contribution in [0.1, 0.15) is 55.7 Å². The second-order valence-electron chi connectivity index (χ2n) is 6.01. The van der Waals surface area contributed by atoms with Gasteiger partial charge in [0.05, 0.1) is 5.69 Å². The fourth-order valence-electron chi connectivity index (χ4n) is 2.69. The Balaban J connectivity index is 2.42. The van der Waals surface area contributed by atoms with Crippen molar-refractivity contribution < 1.29 is 13.2 Å². The van der Waals surface area contributed by atoms with Gasteiger partial charge in [0.2, 0.25) is 10.0 Å². The maximum Gasteiger partial charge on any atom is 0.275 e. The molecular formula is C13H22N4O3S. The number of amides is 1. The van der Waals surface area contributed by atoms with Crippen molar-refractivity contribution in [3.8, 4) is 0 Å². The van der Waals surface area contributed by atoms with E-state index in [1.54, 1.807) is 4.90 Å². The first kappa shape index (κ1) is 16.0.